The van der Waals surface area contributed by atoms with Crippen LogP contribution in [0.5, 0.6) is 11.5 Å². The van der Waals surface area contributed by atoms with Gasteiger partial charge in [-0.2, -0.15) is 21.6 Å². The average molecular weight is 307 g/mol. The molecule has 0 N–H and O–H groups in total. The maximum Gasteiger partial charge on any atom is 0.534 e. The van der Waals surface area contributed by atoms with Gasteiger partial charge >= 0.3 is 15.6 Å². The highest BCUT2D eigenvalue weighted by atomic mass is 32.2. The fourth-order valence-corrected chi connectivity index (χ4v) is 1.94. The number of alkyl halides is 3. The molecule has 1 heterocycles. The Morgan fingerprint density at radius 1 is 1.20 bits per heavy atom. The SMILES string of the molecule is COc1ccc2nccc(OS(=O)(=O)C(F)(F)F)c2c1. The first-order valence-corrected chi connectivity index (χ1v) is 6.59. The van der Waals surface area contributed by atoms with E-state index in [1.165, 1.54) is 25.3 Å². The smallest absolute Gasteiger partial charge is 0.497 e. The van der Waals surface area contributed by atoms with Crippen LogP contribution in [0.15, 0.2) is 30.5 Å². The Morgan fingerprint density at radius 2 is 1.90 bits per heavy atom. The predicted octanol–water partition coefficient (Wildman–Crippen LogP) is 2.47. The summed E-state index contributed by atoms with van der Waals surface area (Å²) in [6, 6.07) is 5.38. The van der Waals surface area contributed by atoms with Crippen molar-refractivity contribution in [1.29, 1.82) is 0 Å². The van der Waals surface area contributed by atoms with E-state index in [2.05, 4.69) is 9.17 Å². The highest BCUT2D eigenvalue weighted by molar-refractivity contribution is 7.88. The highest BCUT2D eigenvalue weighted by Crippen LogP contribution is 2.32. The number of aromatic nitrogens is 1. The number of nitrogens with zero attached hydrogens (tertiary/aromatic N) is 1. The molecule has 0 amide bonds. The summed E-state index contributed by atoms with van der Waals surface area (Å²) in [6.45, 7) is 0. The number of pyridine rings is 1. The third-order valence-electron chi connectivity index (χ3n) is 2.39. The van der Waals surface area contributed by atoms with Crippen LogP contribution in [0.2, 0.25) is 0 Å². The summed E-state index contributed by atoms with van der Waals surface area (Å²) in [5, 5.41) is 0.0969. The van der Waals surface area contributed by atoms with Crippen molar-refractivity contribution in [2.75, 3.05) is 7.11 Å². The molecule has 20 heavy (non-hydrogen) atoms. The van der Waals surface area contributed by atoms with Gasteiger partial charge in [-0.25, -0.2) is 0 Å². The largest absolute Gasteiger partial charge is 0.534 e. The number of hydrogen-bond donors (Lipinski definition) is 0. The zero-order valence-corrected chi connectivity index (χ0v) is 10.8. The van der Waals surface area contributed by atoms with Crippen LogP contribution < -0.4 is 8.92 Å². The van der Waals surface area contributed by atoms with Crippen molar-refractivity contribution in [3.8, 4) is 11.5 Å². The monoisotopic (exact) mass is 307 g/mol. The second kappa shape index (κ2) is 4.82. The first-order valence-electron chi connectivity index (χ1n) is 5.18. The van der Waals surface area contributed by atoms with Gasteiger partial charge in [0.2, 0.25) is 0 Å². The number of fused-ring (bicyclic) bond motifs is 1. The lowest BCUT2D eigenvalue weighted by atomic mass is 10.2. The summed E-state index contributed by atoms with van der Waals surface area (Å²) in [6.07, 6.45) is 1.15. The van der Waals surface area contributed by atoms with Crippen LogP contribution in [0.25, 0.3) is 10.9 Å². The number of benzene rings is 1. The van der Waals surface area contributed by atoms with Crippen molar-refractivity contribution in [3.63, 3.8) is 0 Å². The van der Waals surface area contributed by atoms with E-state index in [0.717, 1.165) is 12.3 Å². The minimum atomic E-state index is -5.73. The van der Waals surface area contributed by atoms with Gasteiger partial charge < -0.3 is 8.92 Å². The Labute approximate surface area is 112 Å². The summed E-state index contributed by atoms with van der Waals surface area (Å²) >= 11 is 0. The van der Waals surface area contributed by atoms with Crippen LogP contribution in [-0.4, -0.2) is 26.0 Å². The third-order valence-corrected chi connectivity index (χ3v) is 3.36. The highest BCUT2D eigenvalue weighted by Gasteiger charge is 2.48. The van der Waals surface area contributed by atoms with Crippen molar-refractivity contribution in [2.24, 2.45) is 0 Å². The zero-order valence-electron chi connectivity index (χ0n) is 10.0. The molecule has 1 aromatic carbocycles. The summed E-state index contributed by atoms with van der Waals surface area (Å²) in [7, 11) is -4.36. The molecule has 0 fully saturated rings. The number of hydrogen-bond acceptors (Lipinski definition) is 5. The molecule has 1 aromatic heterocycles. The van der Waals surface area contributed by atoms with E-state index in [-0.39, 0.29) is 10.9 Å². The molecule has 0 radical (unpaired) electrons. The van der Waals surface area contributed by atoms with E-state index in [9.17, 15) is 21.6 Å². The molecular formula is C11H8F3NO4S. The van der Waals surface area contributed by atoms with Crippen LogP contribution in [0.1, 0.15) is 0 Å². The lowest BCUT2D eigenvalue weighted by Crippen LogP contribution is -2.28. The van der Waals surface area contributed by atoms with Gasteiger partial charge in [0.05, 0.1) is 12.6 Å². The number of halogens is 3. The number of rotatable bonds is 3. The fraction of sp³-hybridized carbons (Fsp3) is 0.182. The molecule has 5 nitrogen and oxygen atoms in total. The first kappa shape index (κ1) is 14.4. The van der Waals surface area contributed by atoms with Crippen molar-refractivity contribution >= 4 is 21.0 Å². The lowest BCUT2D eigenvalue weighted by molar-refractivity contribution is -0.0499. The third kappa shape index (κ3) is 2.62. The Bertz CT molecular complexity index is 743. The molecule has 0 saturated heterocycles. The molecule has 2 rings (SSSR count). The minimum Gasteiger partial charge on any atom is -0.497 e. The van der Waals surface area contributed by atoms with Gasteiger partial charge in [-0.3, -0.25) is 4.98 Å². The van der Waals surface area contributed by atoms with Gasteiger partial charge in [0.25, 0.3) is 0 Å². The molecule has 0 spiro atoms. The molecular weight excluding hydrogens is 299 g/mol. The molecule has 0 atom stereocenters. The molecule has 0 aliphatic rings. The van der Waals surface area contributed by atoms with Gasteiger partial charge in [0.1, 0.15) is 5.75 Å². The van der Waals surface area contributed by atoms with Crippen molar-refractivity contribution in [3.05, 3.63) is 30.5 Å². The standard InChI is InChI=1S/C11H8F3NO4S/c1-18-7-2-3-9-8(6-7)10(4-5-15-9)19-20(16,17)11(12,13)14/h2-6H,1H3. The Morgan fingerprint density at radius 3 is 2.50 bits per heavy atom. The van der Waals surface area contributed by atoms with Crippen LogP contribution >= 0.6 is 0 Å². The second-order valence-corrected chi connectivity index (χ2v) is 5.21. The van der Waals surface area contributed by atoms with E-state index in [4.69, 9.17) is 4.74 Å². The van der Waals surface area contributed by atoms with Gasteiger partial charge in [-0.05, 0) is 18.2 Å². The normalized spacial score (nSPS) is 12.4. The summed E-state index contributed by atoms with van der Waals surface area (Å²) < 4.78 is 68.0. The van der Waals surface area contributed by atoms with Crippen molar-refractivity contribution in [2.45, 2.75) is 5.51 Å². The molecule has 0 saturated carbocycles. The zero-order chi connectivity index (χ0) is 15.0. The van der Waals surface area contributed by atoms with E-state index < -0.39 is 21.4 Å². The molecule has 0 unspecified atom stereocenters. The van der Waals surface area contributed by atoms with Crippen LogP contribution in [-0.2, 0) is 10.1 Å². The molecule has 0 aliphatic carbocycles. The van der Waals surface area contributed by atoms with Crippen LogP contribution in [0.4, 0.5) is 13.2 Å². The Balaban J connectivity index is 2.55. The molecule has 0 aliphatic heterocycles. The van der Waals surface area contributed by atoms with Crippen molar-refractivity contribution < 1.29 is 30.5 Å². The average Bonchev–Trinajstić information content (AvgIpc) is 2.37. The number of methoxy groups -OCH3 is 1. The minimum absolute atomic E-state index is 0.0969. The summed E-state index contributed by atoms with van der Waals surface area (Å²) in [5.41, 5.74) is -5.22. The van der Waals surface area contributed by atoms with Crippen LogP contribution in [0.3, 0.4) is 0 Å². The Kier molecular flexibility index (Phi) is 3.46. The van der Waals surface area contributed by atoms with Crippen LogP contribution in [0, 0.1) is 0 Å². The van der Waals surface area contributed by atoms with Gasteiger partial charge in [-0.15, -0.1) is 0 Å². The quantitative estimate of drug-likeness (QED) is 0.644. The second-order valence-electron chi connectivity index (χ2n) is 3.68. The topological polar surface area (TPSA) is 65.5 Å². The van der Waals surface area contributed by atoms with E-state index in [0.29, 0.717) is 5.75 Å². The number of ether oxygens (including phenoxy) is 1. The summed E-state index contributed by atoms with van der Waals surface area (Å²) in [4.78, 5) is 3.90. The maximum atomic E-state index is 12.3. The van der Waals surface area contributed by atoms with E-state index in [1.54, 1.807) is 0 Å². The van der Waals surface area contributed by atoms with Gasteiger partial charge in [-0.1, -0.05) is 0 Å². The Hall–Kier alpha value is -2.03. The molecule has 0 bridgehead atoms. The first-order chi connectivity index (χ1) is 9.24. The predicted molar refractivity (Wildman–Crippen MR) is 63.9 cm³/mol. The fourth-order valence-electron chi connectivity index (χ4n) is 1.47. The lowest BCUT2D eigenvalue weighted by Gasteiger charge is -2.11. The molecule has 2 aromatic rings. The van der Waals surface area contributed by atoms with E-state index >= 15 is 0 Å². The van der Waals surface area contributed by atoms with Gasteiger partial charge in [0, 0.05) is 17.6 Å². The maximum absolute atomic E-state index is 12.3. The van der Waals surface area contributed by atoms with Gasteiger partial charge in [0.15, 0.2) is 5.75 Å². The van der Waals surface area contributed by atoms with E-state index in [1.807, 2.05) is 0 Å². The van der Waals surface area contributed by atoms with Crippen molar-refractivity contribution in [1.82, 2.24) is 4.98 Å². The molecule has 9 heteroatoms. The molecule has 108 valence electrons. The summed E-state index contributed by atoms with van der Waals surface area (Å²) in [5.74, 6) is -0.133.